The maximum Gasteiger partial charge on any atom is 0.0629 e. The molecule has 0 bridgehead atoms. The third kappa shape index (κ3) is 3.12. The summed E-state index contributed by atoms with van der Waals surface area (Å²) in [6, 6.07) is 5.32. The van der Waals surface area contributed by atoms with Crippen molar-refractivity contribution in [3.8, 4) is 0 Å². The van der Waals surface area contributed by atoms with Crippen LogP contribution in [0.25, 0.3) is 0 Å². The lowest BCUT2D eigenvalue weighted by Gasteiger charge is -2.34. The van der Waals surface area contributed by atoms with Crippen molar-refractivity contribution in [1.29, 1.82) is 0 Å². The number of nitrogens with one attached hydrogen (secondary N) is 1. The molecule has 1 aromatic rings. The molecule has 3 nitrogen and oxygen atoms in total. The van der Waals surface area contributed by atoms with Crippen LogP contribution in [0.4, 0.5) is 0 Å². The summed E-state index contributed by atoms with van der Waals surface area (Å²) in [7, 11) is 0. The molecule has 0 saturated carbocycles. The lowest BCUT2D eigenvalue weighted by Crippen LogP contribution is -2.46. The fraction of sp³-hybridized carbons (Fsp3) is 0.500. The maximum absolute atomic E-state index is 9.58. The summed E-state index contributed by atoms with van der Waals surface area (Å²) in [6.07, 6.45) is 0. The molecule has 17 heavy (non-hydrogen) atoms. The van der Waals surface area contributed by atoms with Gasteiger partial charge in [0.05, 0.1) is 12.6 Å². The molecule has 0 spiro atoms. The smallest absolute Gasteiger partial charge is 0.0629 e. The van der Waals surface area contributed by atoms with E-state index in [1.165, 1.54) is 0 Å². The van der Waals surface area contributed by atoms with Gasteiger partial charge >= 0.3 is 0 Å². The van der Waals surface area contributed by atoms with E-state index in [4.69, 9.17) is 23.2 Å². The van der Waals surface area contributed by atoms with E-state index in [0.717, 1.165) is 31.7 Å². The van der Waals surface area contributed by atoms with E-state index in [-0.39, 0.29) is 12.6 Å². The van der Waals surface area contributed by atoms with Gasteiger partial charge in [-0.25, -0.2) is 0 Å². The molecule has 1 saturated heterocycles. The van der Waals surface area contributed by atoms with Crippen LogP contribution < -0.4 is 5.32 Å². The Bertz CT molecular complexity index is 381. The summed E-state index contributed by atoms with van der Waals surface area (Å²) < 4.78 is 0. The second kappa shape index (κ2) is 6.03. The SMILES string of the molecule is OC[C@H](c1cc(Cl)ccc1Cl)N1CCNCC1. The third-order valence-corrected chi connectivity index (χ3v) is 3.66. The fourth-order valence-electron chi connectivity index (χ4n) is 2.17. The van der Waals surface area contributed by atoms with Gasteiger partial charge in [0.25, 0.3) is 0 Å². The number of benzene rings is 1. The molecule has 2 N–H and O–H groups in total. The Labute approximate surface area is 111 Å². The van der Waals surface area contributed by atoms with Gasteiger partial charge in [0, 0.05) is 36.2 Å². The molecular formula is C12H16Cl2N2O. The van der Waals surface area contributed by atoms with Crippen LogP contribution in [-0.4, -0.2) is 42.8 Å². The zero-order valence-electron chi connectivity index (χ0n) is 9.50. The van der Waals surface area contributed by atoms with Gasteiger partial charge in [-0.3, -0.25) is 4.90 Å². The second-order valence-electron chi connectivity index (χ2n) is 4.15. The van der Waals surface area contributed by atoms with Gasteiger partial charge < -0.3 is 10.4 Å². The van der Waals surface area contributed by atoms with Crippen LogP contribution >= 0.6 is 23.2 Å². The topological polar surface area (TPSA) is 35.5 Å². The van der Waals surface area contributed by atoms with Crippen LogP contribution in [0.3, 0.4) is 0 Å². The number of halogens is 2. The second-order valence-corrected chi connectivity index (χ2v) is 4.99. The van der Waals surface area contributed by atoms with Crippen molar-refractivity contribution in [2.24, 2.45) is 0 Å². The fourth-order valence-corrected chi connectivity index (χ4v) is 2.60. The predicted molar refractivity (Wildman–Crippen MR) is 70.7 cm³/mol. The Morgan fingerprint density at radius 3 is 2.65 bits per heavy atom. The molecule has 1 heterocycles. The molecule has 5 heteroatoms. The standard InChI is InChI=1S/C12H16Cl2N2O/c13-9-1-2-11(14)10(7-9)12(8-17)16-5-3-15-4-6-16/h1-2,7,12,15,17H,3-6,8H2/t12-/m1/s1. The summed E-state index contributed by atoms with van der Waals surface area (Å²) in [5, 5.41) is 14.2. The molecule has 1 aliphatic heterocycles. The summed E-state index contributed by atoms with van der Waals surface area (Å²) in [5.41, 5.74) is 0.906. The van der Waals surface area contributed by atoms with Gasteiger partial charge in [0.1, 0.15) is 0 Å². The van der Waals surface area contributed by atoms with E-state index < -0.39 is 0 Å². The lowest BCUT2D eigenvalue weighted by atomic mass is 10.1. The van der Waals surface area contributed by atoms with E-state index >= 15 is 0 Å². The molecule has 0 unspecified atom stereocenters. The monoisotopic (exact) mass is 274 g/mol. The Kier molecular flexibility index (Phi) is 4.65. The Morgan fingerprint density at radius 2 is 2.00 bits per heavy atom. The first-order valence-corrected chi connectivity index (χ1v) is 6.48. The van der Waals surface area contributed by atoms with Crippen molar-refractivity contribution in [1.82, 2.24) is 10.2 Å². The molecule has 0 amide bonds. The number of rotatable bonds is 3. The minimum absolute atomic E-state index is 0.0556. The van der Waals surface area contributed by atoms with Crippen LogP contribution in [0, 0.1) is 0 Å². The molecular weight excluding hydrogens is 259 g/mol. The van der Waals surface area contributed by atoms with Gasteiger partial charge in [0.2, 0.25) is 0 Å². The van der Waals surface area contributed by atoms with Gasteiger partial charge in [-0.1, -0.05) is 23.2 Å². The summed E-state index contributed by atoms with van der Waals surface area (Å²) in [5.74, 6) is 0. The van der Waals surface area contributed by atoms with E-state index in [1.807, 2.05) is 6.07 Å². The highest BCUT2D eigenvalue weighted by Gasteiger charge is 2.23. The number of aliphatic hydroxyl groups excluding tert-OH is 1. The third-order valence-electron chi connectivity index (χ3n) is 3.08. The molecule has 1 atom stereocenters. The first-order valence-electron chi connectivity index (χ1n) is 5.73. The average molecular weight is 275 g/mol. The van der Waals surface area contributed by atoms with Crippen molar-refractivity contribution < 1.29 is 5.11 Å². The van der Waals surface area contributed by atoms with Crippen molar-refractivity contribution in [3.63, 3.8) is 0 Å². The highest BCUT2D eigenvalue weighted by molar-refractivity contribution is 6.33. The van der Waals surface area contributed by atoms with E-state index in [1.54, 1.807) is 12.1 Å². The van der Waals surface area contributed by atoms with Gasteiger partial charge in [-0.2, -0.15) is 0 Å². The number of piperazine rings is 1. The summed E-state index contributed by atoms with van der Waals surface area (Å²) >= 11 is 12.2. The van der Waals surface area contributed by atoms with E-state index in [2.05, 4.69) is 10.2 Å². The summed E-state index contributed by atoms with van der Waals surface area (Å²) in [6.45, 7) is 3.76. The minimum atomic E-state index is -0.0664. The average Bonchev–Trinajstić information content (AvgIpc) is 2.36. The Morgan fingerprint density at radius 1 is 1.29 bits per heavy atom. The molecule has 2 rings (SSSR count). The van der Waals surface area contributed by atoms with Crippen molar-refractivity contribution in [2.45, 2.75) is 6.04 Å². The highest BCUT2D eigenvalue weighted by atomic mass is 35.5. The number of aliphatic hydroxyl groups is 1. The van der Waals surface area contributed by atoms with Crippen LogP contribution in [-0.2, 0) is 0 Å². The van der Waals surface area contributed by atoms with Crippen molar-refractivity contribution in [3.05, 3.63) is 33.8 Å². The quantitative estimate of drug-likeness (QED) is 0.884. The molecule has 94 valence electrons. The Balaban J connectivity index is 2.24. The molecule has 0 aromatic heterocycles. The van der Waals surface area contributed by atoms with Gasteiger partial charge in [0.15, 0.2) is 0 Å². The Hall–Kier alpha value is -0.320. The lowest BCUT2D eigenvalue weighted by molar-refractivity contribution is 0.111. The van der Waals surface area contributed by atoms with Crippen LogP contribution in [0.5, 0.6) is 0 Å². The van der Waals surface area contributed by atoms with Crippen molar-refractivity contribution in [2.75, 3.05) is 32.8 Å². The molecule has 1 aliphatic rings. The van der Waals surface area contributed by atoms with Crippen molar-refractivity contribution >= 4 is 23.2 Å². The number of hydrogen-bond acceptors (Lipinski definition) is 3. The first-order chi connectivity index (χ1) is 8.22. The first kappa shape index (κ1) is 13.1. The molecule has 1 fully saturated rings. The largest absolute Gasteiger partial charge is 0.394 e. The molecule has 0 radical (unpaired) electrons. The molecule has 0 aliphatic carbocycles. The number of hydrogen-bond donors (Lipinski definition) is 2. The van der Waals surface area contributed by atoms with Gasteiger partial charge in [-0.05, 0) is 23.8 Å². The molecule has 1 aromatic carbocycles. The van der Waals surface area contributed by atoms with Crippen LogP contribution in [0.1, 0.15) is 11.6 Å². The van der Waals surface area contributed by atoms with Crippen LogP contribution in [0.15, 0.2) is 18.2 Å². The minimum Gasteiger partial charge on any atom is -0.394 e. The zero-order chi connectivity index (χ0) is 12.3. The predicted octanol–water partition coefficient (Wildman–Crippen LogP) is 1.93. The summed E-state index contributed by atoms with van der Waals surface area (Å²) in [4.78, 5) is 2.23. The maximum atomic E-state index is 9.58. The van der Waals surface area contributed by atoms with Crippen LogP contribution in [0.2, 0.25) is 10.0 Å². The van der Waals surface area contributed by atoms with E-state index in [9.17, 15) is 5.11 Å². The van der Waals surface area contributed by atoms with E-state index in [0.29, 0.717) is 10.0 Å². The number of nitrogens with zero attached hydrogens (tertiary/aromatic N) is 1. The van der Waals surface area contributed by atoms with Gasteiger partial charge in [-0.15, -0.1) is 0 Å². The zero-order valence-corrected chi connectivity index (χ0v) is 11.0. The highest BCUT2D eigenvalue weighted by Crippen LogP contribution is 2.30. The normalized spacial score (nSPS) is 19.2.